The largest absolute Gasteiger partial charge is 0.483 e. The van der Waals surface area contributed by atoms with Gasteiger partial charge in [0.1, 0.15) is 11.5 Å². The predicted octanol–water partition coefficient (Wildman–Crippen LogP) is 2.90. The summed E-state index contributed by atoms with van der Waals surface area (Å²) in [6.07, 6.45) is 0. The number of carbonyl (C=O) groups excluding carboxylic acids is 2. The van der Waals surface area contributed by atoms with E-state index < -0.39 is 11.8 Å². The zero-order valence-corrected chi connectivity index (χ0v) is 16.2. The lowest BCUT2D eigenvalue weighted by atomic mass is 9.86. The first kappa shape index (κ1) is 20.3. The Balaban J connectivity index is 1.77. The molecule has 6 heteroatoms. The van der Waals surface area contributed by atoms with Crippen molar-refractivity contribution in [2.24, 2.45) is 0 Å². The van der Waals surface area contributed by atoms with Gasteiger partial charge in [-0.3, -0.25) is 20.4 Å². The smallest absolute Gasteiger partial charge is 0.276 e. The molecule has 0 fully saturated rings. The van der Waals surface area contributed by atoms with Crippen LogP contribution in [0.1, 0.15) is 31.9 Å². The molecule has 0 saturated heterocycles. The summed E-state index contributed by atoms with van der Waals surface area (Å²) in [4.78, 5) is 23.7. The zero-order chi connectivity index (χ0) is 19.9. The quantitative estimate of drug-likeness (QED) is 0.767. The van der Waals surface area contributed by atoms with Crippen LogP contribution in [0.3, 0.4) is 0 Å². The summed E-state index contributed by atoms with van der Waals surface area (Å²) in [6.45, 7) is 7.71. The Morgan fingerprint density at radius 1 is 0.815 bits per heavy atom. The van der Waals surface area contributed by atoms with Gasteiger partial charge in [0.15, 0.2) is 13.2 Å². The molecule has 2 rings (SSSR count). The number of hydrazine groups is 1. The van der Waals surface area contributed by atoms with Crippen LogP contribution in [0, 0.1) is 6.92 Å². The molecule has 2 amide bonds. The maximum atomic E-state index is 11.9. The first-order chi connectivity index (χ1) is 12.8. The van der Waals surface area contributed by atoms with E-state index in [0.717, 1.165) is 11.1 Å². The van der Waals surface area contributed by atoms with E-state index in [0.29, 0.717) is 11.5 Å². The van der Waals surface area contributed by atoms with Crippen LogP contribution < -0.4 is 20.3 Å². The molecule has 0 atom stereocenters. The lowest BCUT2D eigenvalue weighted by Crippen LogP contribution is -2.45. The molecule has 0 aromatic heterocycles. The van der Waals surface area contributed by atoms with Crippen LogP contribution in [-0.4, -0.2) is 25.0 Å². The van der Waals surface area contributed by atoms with Gasteiger partial charge < -0.3 is 9.47 Å². The Kier molecular flexibility index (Phi) is 6.82. The molecule has 0 spiro atoms. The zero-order valence-electron chi connectivity index (χ0n) is 16.2. The summed E-state index contributed by atoms with van der Waals surface area (Å²) in [5.41, 5.74) is 6.46. The van der Waals surface area contributed by atoms with E-state index in [1.54, 1.807) is 6.07 Å². The van der Waals surface area contributed by atoms with Crippen LogP contribution >= 0.6 is 0 Å². The van der Waals surface area contributed by atoms with Gasteiger partial charge in [-0.05, 0) is 35.6 Å². The van der Waals surface area contributed by atoms with E-state index >= 15 is 0 Å². The van der Waals surface area contributed by atoms with Gasteiger partial charge in [-0.1, -0.05) is 57.2 Å². The Labute approximate surface area is 159 Å². The number of amides is 2. The van der Waals surface area contributed by atoms with Gasteiger partial charge in [-0.25, -0.2) is 0 Å². The molecule has 0 saturated carbocycles. The van der Waals surface area contributed by atoms with Crippen LogP contribution in [0.5, 0.6) is 11.5 Å². The Hall–Kier alpha value is -3.02. The minimum atomic E-state index is -0.457. The summed E-state index contributed by atoms with van der Waals surface area (Å²) in [7, 11) is 0. The molecule has 144 valence electrons. The lowest BCUT2D eigenvalue weighted by Gasteiger charge is -2.22. The SMILES string of the molecule is Cc1ccccc1OCC(=O)NNC(=O)COc1ccccc1C(C)(C)C. The van der Waals surface area contributed by atoms with Gasteiger partial charge in [0.2, 0.25) is 0 Å². The topological polar surface area (TPSA) is 76.7 Å². The summed E-state index contributed by atoms with van der Waals surface area (Å²) in [6, 6.07) is 15.0. The molecule has 6 nitrogen and oxygen atoms in total. The van der Waals surface area contributed by atoms with Gasteiger partial charge in [-0.2, -0.15) is 0 Å². The van der Waals surface area contributed by atoms with Crippen molar-refractivity contribution in [3.63, 3.8) is 0 Å². The van der Waals surface area contributed by atoms with Crippen molar-refractivity contribution in [1.82, 2.24) is 10.9 Å². The average molecular weight is 370 g/mol. The van der Waals surface area contributed by atoms with Crippen LogP contribution in [0.4, 0.5) is 0 Å². The van der Waals surface area contributed by atoms with Crippen molar-refractivity contribution in [3.8, 4) is 11.5 Å². The van der Waals surface area contributed by atoms with Crippen molar-refractivity contribution >= 4 is 11.8 Å². The fourth-order valence-corrected chi connectivity index (χ4v) is 2.43. The van der Waals surface area contributed by atoms with Crippen LogP contribution in [-0.2, 0) is 15.0 Å². The number of carbonyl (C=O) groups is 2. The highest BCUT2D eigenvalue weighted by Crippen LogP contribution is 2.30. The van der Waals surface area contributed by atoms with Crippen molar-refractivity contribution in [2.45, 2.75) is 33.1 Å². The normalized spacial score (nSPS) is 10.8. The molecule has 2 N–H and O–H groups in total. The molecule has 0 bridgehead atoms. The Bertz CT molecular complexity index is 797. The van der Waals surface area contributed by atoms with Crippen molar-refractivity contribution in [2.75, 3.05) is 13.2 Å². The molecule has 0 unspecified atom stereocenters. The average Bonchev–Trinajstić information content (AvgIpc) is 2.63. The fraction of sp³-hybridized carbons (Fsp3) is 0.333. The molecule has 27 heavy (non-hydrogen) atoms. The van der Waals surface area contributed by atoms with Crippen molar-refractivity contribution in [3.05, 3.63) is 59.7 Å². The van der Waals surface area contributed by atoms with Crippen LogP contribution in [0.25, 0.3) is 0 Å². The molecule has 0 aliphatic rings. The number of hydrogen-bond acceptors (Lipinski definition) is 4. The van der Waals surface area contributed by atoms with E-state index in [4.69, 9.17) is 9.47 Å². The fourth-order valence-electron chi connectivity index (χ4n) is 2.43. The maximum absolute atomic E-state index is 11.9. The molecule has 0 radical (unpaired) electrons. The molecule has 0 heterocycles. The second-order valence-corrected chi connectivity index (χ2v) is 7.19. The molecular weight excluding hydrogens is 344 g/mol. The third-order valence-electron chi connectivity index (χ3n) is 3.85. The van der Waals surface area contributed by atoms with Crippen LogP contribution in [0.15, 0.2) is 48.5 Å². The summed E-state index contributed by atoms with van der Waals surface area (Å²) < 4.78 is 11.0. The number of hydrogen-bond donors (Lipinski definition) is 2. The molecule has 0 aliphatic heterocycles. The summed E-state index contributed by atoms with van der Waals surface area (Å²) >= 11 is 0. The first-order valence-electron chi connectivity index (χ1n) is 8.76. The van der Waals surface area contributed by atoms with Gasteiger partial charge in [-0.15, -0.1) is 0 Å². The van der Waals surface area contributed by atoms with E-state index in [-0.39, 0.29) is 18.6 Å². The van der Waals surface area contributed by atoms with Crippen molar-refractivity contribution < 1.29 is 19.1 Å². The highest BCUT2D eigenvalue weighted by atomic mass is 16.5. The van der Waals surface area contributed by atoms with E-state index in [2.05, 4.69) is 31.6 Å². The number of nitrogens with one attached hydrogen (secondary N) is 2. The van der Waals surface area contributed by atoms with E-state index in [9.17, 15) is 9.59 Å². The molecular formula is C21H26N2O4. The highest BCUT2D eigenvalue weighted by Gasteiger charge is 2.19. The number of aryl methyl sites for hydroxylation is 1. The van der Waals surface area contributed by atoms with Gasteiger partial charge in [0, 0.05) is 0 Å². The minimum Gasteiger partial charge on any atom is -0.483 e. The predicted molar refractivity (Wildman–Crippen MR) is 104 cm³/mol. The molecule has 0 aliphatic carbocycles. The third-order valence-corrected chi connectivity index (χ3v) is 3.85. The first-order valence-corrected chi connectivity index (χ1v) is 8.76. The molecule has 2 aromatic carbocycles. The standard InChI is InChI=1S/C21H26N2O4/c1-15-9-5-7-11-17(15)26-13-19(24)22-23-20(25)14-27-18-12-8-6-10-16(18)21(2,3)4/h5-12H,13-14H2,1-4H3,(H,22,24)(H,23,25). The number of rotatable bonds is 6. The van der Waals surface area contributed by atoms with Gasteiger partial charge in [0.25, 0.3) is 11.8 Å². The third kappa shape index (κ3) is 6.33. The van der Waals surface area contributed by atoms with Gasteiger partial charge >= 0.3 is 0 Å². The van der Waals surface area contributed by atoms with E-state index in [1.165, 1.54) is 0 Å². The highest BCUT2D eigenvalue weighted by molar-refractivity contribution is 5.83. The second kappa shape index (κ2) is 9.07. The Morgan fingerprint density at radius 3 is 1.85 bits per heavy atom. The monoisotopic (exact) mass is 370 g/mol. The number of para-hydroxylation sites is 2. The van der Waals surface area contributed by atoms with E-state index in [1.807, 2.05) is 49.4 Å². The van der Waals surface area contributed by atoms with Crippen molar-refractivity contribution in [1.29, 1.82) is 0 Å². The minimum absolute atomic E-state index is 0.103. The Morgan fingerprint density at radius 2 is 1.30 bits per heavy atom. The lowest BCUT2D eigenvalue weighted by molar-refractivity contribution is -0.131. The number of benzene rings is 2. The second-order valence-electron chi connectivity index (χ2n) is 7.19. The summed E-state index contributed by atoms with van der Waals surface area (Å²) in [5.74, 6) is 0.361. The maximum Gasteiger partial charge on any atom is 0.276 e. The molecule has 2 aromatic rings. The van der Waals surface area contributed by atoms with Crippen LogP contribution in [0.2, 0.25) is 0 Å². The summed E-state index contributed by atoms with van der Waals surface area (Å²) in [5, 5.41) is 0. The van der Waals surface area contributed by atoms with Gasteiger partial charge in [0.05, 0.1) is 0 Å². The number of ether oxygens (including phenoxy) is 2.